The van der Waals surface area contributed by atoms with E-state index in [1.165, 1.54) is 10.6 Å². The Kier molecular flexibility index (Phi) is 6.03. The second kappa shape index (κ2) is 8.87. The number of aliphatic hydroxyl groups excluding tert-OH is 1. The second-order valence-electron chi connectivity index (χ2n) is 8.24. The predicted molar refractivity (Wildman–Crippen MR) is 111 cm³/mol. The summed E-state index contributed by atoms with van der Waals surface area (Å²) < 4.78 is 5.11. The maximum atomic E-state index is 12.8. The van der Waals surface area contributed by atoms with Crippen LogP contribution in [0.15, 0.2) is 40.9 Å². The molecule has 2 N–H and O–H groups in total. The Hall–Kier alpha value is -2.87. The molecule has 2 amide bonds. The minimum atomic E-state index is -0.693. The van der Waals surface area contributed by atoms with Gasteiger partial charge in [-0.3, -0.25) is 9.59 Å². The summed E-state index contributed by atoms with van der Waals surface area (Å²) in [7, 11) is 0. The Morgan fingerprint density at radius 3 is 2.80 bits per heavy atom. The van der Waals surface area contributed by atoms with Crippen molar-refractivity contribution in [3.8, 4) is 0 Å². The number of aliphatic hydroxyl groups is 1. The van der Waals surface area contributed by atoms with E-state index in [1.54, 1.807) is 13.0 Å². The van der Waals surface area contributed by atoms with Crippen LogP contribution in [0.2, 0.25) is 0 Å². The largest absolute Gasteiger partial charge is 0.391 e. The third-order valence-electron chi connectivity index (χ3n) is 5.88. The summed E-state index contributed by atoms with van der Waals surface area (Å²) in [6.07, 6.45) is 0.608. The highest BCUT2D eigenvalue weighted by molar-refractivity contribution is 5.89. The average molecular weight is 412 g/mol. The number of carbonyl (C=O) groups is 2. The summed E-state index contributed by atoms with van der Waals surface area (Å²) in [4.78, 5) is 29.3. The van der Waals surface area contributed by atoms with Crippen LogP contribution in [0, 0.1) is 12.8 Å². The van der Waals surface area contributed by atoms with Gasteiger partial charge in [0, 0.05) is 44.4 Å². The number of anilines is 1. The Morgan fingerprint density at radius 2 is 2.07 bits per heavy atom. The van der Waals surface area contributed by atoms with Crippen LogP contribution in [-0.4, -0.2) is 65.3 Å². The molecule has 30 heavy (non-hydrogen) atoms. The summed E-state index contributed by atoms with van der Waals surface area (Å²) in [5.41, 5.74) is 1.90. The first-order chi connectivity index (χ1) is 14.5. The van der Waals surface area contributed by atoms with E-state index in [2.05, 4.69) is 27.5 Å². The van der Waals surface area contributed by atoms with Gasteiger partial charge in [0.05, 0.1) is 18.2 Å². The number of para-hydroxylation sites is 1. The van der Waals surface area contributed by atoms with Crippen molar-refractivity contribution in [1.82, 2.24) is 15.4 Å². The van der Waals surface area contributed by atoms with E-state index in [4.69, 9.17) is 4.52 Å². The molecule has 8 heteroatoms. The summed E-state index contributed by atoms with van der Waals surface area (Å²) in [6, 6.07) is 11.3. The van der Waals surface area contributed by atoms with Crippen LogP contribution in [0.25, 0.3) is 0 Å². The first kappa shape index (κ1) is 20.4. The molecular weight excluding hydrogens is 384 g/mol. The Labute approximate surface area is 175 Å². The molecule has 4 rings (SSSR count). The molecule has 0 saturated carbocycles. The third kappa shape index (κ3) is 4.64. The molecule has 0 spiro atoms. The van der Waals surface area contributed by atoms with Crippen molar-refractivity contribution in [2.45, 2.75) is 38.3 Å². The minimum absolute atomic E-state index is 0.0337. The second-order valence-corrected chi connectivity index (χ2v) is 8.24. The highest BCUT2D eigenvalue weighted by atomic mass is 16.5. The SMILES string of the molecule is Cc1cc(CC(=O)N2C[C@H](O)C[C@H]2C(=O)NCC2CCN(c3ccccc3)C2)on1. The molecule has 0 radical (unpaired) electrons. The summed E-state index contributed by atoms with van der Waals surface area (Å²) in [5.74, 6) is 0.387. The topological polar surface area (TPSA) is 98.9 Å². The highest BCUT2D eigenvalue weighted by Crippen LogP contribution is 2.24. The smallest absolute Gasteiger partial charge is 0.242 e. The van der Waals surface area contributed by atoms with Crippen LogP contribution in [0.1, 0.15) is 24.3 Å². The van der Waals surface area contributed by atoms with Crippen LogP contribution >= 0.6 is 0 Å². The van der Waals surface area contributed by atoms with Gasteiger partial charge in [-0.2, -0.15) is 0 Å². The fourth-order valence-electron chi connectivity index (χ4n) is 4.32. The quantitative estimate of drug-likeness (QED) is 0.738. The van der Waals surface area contributed by atoms with Gasteiger partial charge in [-0.25, -0.2) is 0 Å². The molecule has 3 heterocycles. The lowest BCUT2D eigenvalue weighted by molar-refractivity contribution is -0.138. The van der Waals surface area contributed by atoms with Crippen molar-refractivity contribution < 1.29 is 19.2 Å². The maximum absolute atomic E-state index is 12.8. The van der Waals surface area contributed by atoms with Gasteiger partial charge in [0.2, 0.25) is 11.8 Å². The van der Waals surface area contributed by atoms with Crippen LogP contribution < -0.4 is 10.2 Å². The zero-order chi connectivity index (χ0) is 21.1. The molecule has 2 aliphatic heterocycles. The van der Waals surface area contributed by atoms with Gasteiger partial charge in [-0.05, 0) is 31.4 Å². The van der Waals surface area contributed by atoms with Crippen molar-refractivity contribution in [2.24, 2.45) is 5.92 Å². The third-order valence-corrected chi connectivity index (χ3v) is 5.88. The van der Waals surface area contributed by atoms with Crippen molar-refractivity contribution in [3.05, 3.63) is 47.9 Å². The number of β-amino-alcohol motifs (C(OH)–C–C–N with tert-alkyl or cyclic N) is 1. The number of benzene rings is 1. The molecule has 1 aromatic heterocycles. The van der Waals surface area contributed by atoms with Crippen LogP contribution in [0.5, 0.6) is 0 Å². The van der Waals surface area contributed by atoms with E-state index in [-0.39, 0.29) is 31.2 Å². The van der Waals surface area contributed by atoms with E-state index < -0.39 is 12.1 Å². The fraction of sp³-hybridized carbons (Fsp3) is 0.500. The molecular formula is C22H28N4O4. The molecule has 1 aromatic carbocycles. The van der Waals surface area contributed by atoms with Crippen molar-refractivity contribution in [2.75, 3.05) is 31.1 Å². The van der Waals surface area contributed by atoms with Crippen molar-refractivity contribution in [1.29, 1.82) is 0 Å². The minimum Gasteiger partial charge on any atom is -0.391 e. The summed E-state index contributed by atoms with van der Waals surface area (Å²) in [6.45, 7) is 4.38. The van der Waals surface area contributed by atoms with Crippen LogP contribution in [0.4, 0.5) is 5.69 Å². The number of amides is 2. The van der Waals surface area contributed by atoms with Crippen molar-refractivity contribution in [3.63, 3.8) is 0 Å². The Bertz CT molecular complexity index is 884. The molecule has 0 aliphatic carbocycles. The zero-order valence-electron chi connectivity index (χ0n) is 17.2. The lowest BCUT2D eigenvalue weighted by Crippen LogP contribution is -2.47. The normalized spacial score (nSPS) is 23.7. The number of nitrogens with zero attached hydrogens (tertiary/aromatic N) is 3. The maximum Gasteiger partial charge on any atom is 0.242 e. The molecule has 2 aromatic rings. The Morgan fingerprint density at radius 1 is 1.27 bits per heavy atom. The zero-order valence-corrected chi connectivity index (χ0v) is 17.2. The van der Waals surface area contributed by atoms with E-state index in [0.717, 1.165) is 19.5 Å². The number of likely N-dealkylation sites (tertiary alicyclic amines) is 1. The molecule has 0 bridgehead atoms. The van der Waals surface area contributed by atoms with Gasteiger partial charge in [-0.1, -0.05) is 23.4 Å². The molecule has 1 unspecified atom stereocenters. The van der Waals surface area contributed by atoms with Crippen LogP contribution in [0.3, 0.4) is 0 Å². The molecule has 2 saturated heterocycles. The number of hydrogen-bond acceptors (Lipinski definition) is 6. The average Bonchev–Trinajstić information content (AvgIpc) is 3.47. The number of hydrogen-bond donors (Lipinski definition) is 2. The molecule has 2 aliphatic rings. The van der Waals surface area contributed by atoms with Gasteiger partial charge in [0.25, 0.3) is 0 Å². The summed E-state index contributed by atoms with van der Waals surface area (Å²) >= 11 is 0. The number of nitrogens with one attached hydrogen (secondary N) is 1. The number of aromatic nitrogens is 1. The van der Waals surface area contributed by atoms with Crippen molar-refractivity contribution >= 4 is 17.5 Å². The van der Waals surface area contributed by atoms with E-state index >= 15 is 0 Å². The number of rotatable bonds is 6. The highest BCUT2D eigenvalue weighted by Gasteiger charge is 2.39. The first-order valence-electron chi connectivity index (χ1n) is 10.5. The lowest BCUT2D eigenvalue weighted by atomic mass is 10.1. The monoisotopic (exact) mass is 412 g/mol. The van der Waals surface area contributed by atoms with Gasteiger partial charge >= 0.3 is 0 Å². The number of aryl methyl sites for hydroxylation is 1. The van der Waals surface area contributed by atoms with Gasteiger partial charge in [0.1, 0.15) is 11.8 Å². The molecule has 2 fully saturated rings. The van der Waals surface area contributed by atoms with Gasteiger partial charge in [0.15, 0.2) is 0 Å². The first-order valence-corrected chi connectivity index (χ1v) is 10.5. The standard InChI is InChI=1S/C22H28N4O4/c1-15-9-19(30-24-15)11-21(28)26-14-18(27)10-20(26)22(29)23-12-16-7-8-25(13-16)17-5-3-2-4-6-17/h2-6,9,16,18,20,27H,7-8,10-14H2,1H3,(H,23,29)/t16?,18-,20+/m1/s1. The molecule has 8 nitrogen and oxygen atoms in total. The summed E-state index contributed by atoms with van der Waals surface area (Å²) in [5, 5.41) is 16.9. The van der Waals surface area contributed by atoms with Gasteiger partial charge in [-0.15, -0.1) is 0 Å². The molecule has 160 valence electrons. The lowest BCUT2D eigenvalue weighted by Gasteiger charge is -2.24. The number of carbonyl (C=O) groups excluding carboxylic acids is 2. The van der Waals surface area contributed by atoms with E-state index in [9.17, 15) is 14.7 Å². The van der Waals surface area contributed by atoms with E-state index in [1.807, 2.05) is 18.2 Å². The van der Waals surface area contributed by atoms with Crippen LogP contribution in [-0.2, 0) is 16.0 Å². The fourth-order valence-corrected chi connectivity index (χ4v) is 4.32. The van der Waals surface area contributed by atoms with Gasteiger partial charge < -0.3 is 24.7 Å². The van der Waals surface area contributed by atoms with E-state index in [0.29, 0.717) is 23.9 Å². The molecule has 3 atom stereocenters. The Balaban J connectivity index is 1.30. The predicted octanol–water partition coefficient (Wildman–Crippen LogP) is 1.13.